The first kappa shape index (κ1) is 9.27. The third kappa shape index (κ3) is 1.34. The zero-order chi connectivity index (χ0) is 11.1. The van der Waals surface area contributed by atoms with Crippen LogP contribution in [0.15, 0.2) is 24.4 Å². The van der Waals surface area contributed by atoms with Crippen molar-refractivity contribution in [1.82, 2.24) is 9.88 Å². The molecule has 1 aliphatic rings. The number of fused-ring (bicyclic) bond motifs is 1. The van der Waals surface area contributed by atoms with Crippen LogP contribution in [0.25, 0.3) is 10.9 Å². The van der Waals surface area contributed by atoms with Gasteiger partial charge in [0.25, 0.3) is 5.91 Å². The highest BCUT2D eigenvalue weighted by Crippen LogP contribution is 2.25. The van der Waals surface area contributed by atoms with E-state index >= 15 is 0 Å². The van der Waals surface area contributed by atoms with Gasteiger partial charge in [0.15, 0.2) is 0 Å². The molecule has 4 heteroatoms. The summed E-state index contributed by atoms with van der Waals surface area (Å²) < 4.78 is 5.16. The number of methoxy groups -OCH3 is 1. The van der Waals surface area contributed by atoms with Gasteiger partial charge in [0.2, 0.25) is 0 Å². The molecule has 0 aliphatic carbocycles. The summed E-state index contributed by atoms with van der Waals surface area (Å²) in [5.74, 6) is 0.867. The van der Waals surface area contributed by atoms with Crippen LogP contribution in [0, 0.1) is 0 Å². The van der Waals surface area contributed by atoms with Gasteiger partial charge >= 0.3 is 0 Å². The summed E-state index contributed by atoms with van der Waals surface area (Å²) in [6.45, 7) is 1.74. The average molecular weight is 216 g/mol. The second-order valence-electron chi connectivity index (χ2n) is 3.91. The number of nitrogens with one attached hydrogen (secondary N) is 1. The van der Waals surface area contributed by atoms with Crippen LogP contribution in [0.5, 0.6) is 5.75 Å². The molecule has 0 unspecified atom stereocenters. The van der Waals surface area contributed by atoms with Gasteiger partial charge < -0.3 is 14.6 Å². The lowest BCUT2D eigenvalue weighted by atomic mass is 10.1. The van der Waals surface area contributed by atoms with Crippen molar-refractivity contribution in [2.24, 2.45) is 0 Å². The summed E-state index contributed by atoms with van der Waals surface area (Å²) in [6, 6.07) is 5.69. The number of nitrogens with zero attached hydrogens (tertiary/aromatic N) is 1. The Bertz CT molecular complexity index is 555. The minimum absolute atomic E-state index is 0.0968. The maximum Gasteiger partial charge on any atom is 0.256 e. The summed E-state index contributed by atoms with van der Waals surface area (Å²) in [4.78, 5) is 16.9. The van der Waals surface area contributed by atoms with Gasteiger partial charge in [-0.15, -0.1) is 0 Å². The smallest absolute Gasteiger partial charge is 0.256 e. The highest BCUT2D eigenvalue weighted by molar-refractivity contribution is 6.07. The van der Waals surface area contributed by atoms with Crippen molar-refractivity contribution in [2.45, 2.75) is 0 Å². The summed E-state index contributed by atoms with van der Waals surface area (Å²) in [6.07, 6.45) is 1.77. The number of hydrogen-bond donors (Lipinski definition) is 1. The van der Waals surface area contributed by atoms with Crippen LogP contribution in [-0.2, 0) is 0 Å². The molecule has 1 aromatic carbocycles. The maximum atomic E-state index is 11.9. The van der Waals surface area contributed by atoms with E-state index in [2.05, 4.69) is 4.98 Å². The number of aromatic nitrogens is 1. The fourth-order valence-electron chi connectivity index (χ4n) is 1.83. The molecule has 1 fully saturated rings. The molecule has 1 amide bonds. The summed E-state index contributed by atoms with van der Waals surface area (Å²) in [5, 5.41) is 0.927. The lowest BCUT2D eigenvalue weighted by Gasteiger charge is -2.01. The predicted octanol–water partition coefficient (Wildman–Crippen LogP) is 1.63. The van der Waals surface area contributed by atoms with Crippen LogP contribution in [0.3, 0.4) is 0 Å². The Morgan fingerprint density at radius 2 is 2.25 bits per heavy atom. The molecule has 0 radical (unpaired) electrons. The van der Waals surface area contributed by atoms with Gasteiger partial charge in [-0.25, -0.2) is 0 Å². The quantitative estimate of drug-likeness (QED) is 0.775. The number of benzene rings is 1. The van der Waals surface area contributed by atoms with Crippen molar-refractivity contribution in [3.8, 4) is 5.75 Å². The second kappa shape index (κ2) is 3.27. The SMILES string of the molecule is COc1ccc2[nH]cc(C(=O)N3CC3)c2c1. The first-order valence-electron chi connectivity index (χ1n) is 5.24. The molecule has 82 valence electrons. The molecule has 0 atom stereocenters. The van der Waals surface area contributed by atoms with Crippen molar-refractivity contribution >= 4 is 16.8 Å². The molecule has 16 heavy (non-hydrogen) atoms. The largest absolute Gasteiger partial charge is 0.497 e. The second-order valence-corrected chi connectivity index (χ2v) is 3.91. The number of carbonyl (C=O) groups excluding carboxylic acids is 1. The Hall–Kier alpha value is -1.97. The van der Waals surface area contributed by atoms with Crippen LogP contribution < -0.4 is 4.74 Å². The van der Waals surface area contributed by atoms with Crippen LogP contribution in [0.1, 0.15) is 10.4 Å². The Morgan fingerprint density at radius 1 is 1.44 bits per heavy atom. The molecule has 2 aromatic rings. The van der Waals surface area contributed by atoms with E-state index in [0.29, 0.717) is 0 Å². The molecular formula is C12H12N2O2. The first-order chi connectivity index (χ1) is 7.79. The molecule has 1 N–H and O–H groups in total. The van der Waals surface area contributed by atoms with Crippen molar-refractivity contribution in [1.29, 1.82) is 0 Å². The van der Waals surface area contributed by atoms with Crippen molar-refractivity contribution in [2.75, 3.05) is 20.2 Å². The van der Waals surface area contributed by atoms with E-state index in [-0.39, 0.29) is 5.91 Å². The molecule has 0 spiro atoms. The molecule has 1 saturated heterocycles. The molecule has 1 aromatic heterocycles. The van der Waals surface area contributed by atoms with Gasteiger partial charge in [-0.1, -0.05) is 0 Å². The molecule has 4 nitrogen and oxygen atoms in total. The van der Waals surface area contributed by atoms with Gasteiger partial charge in [-0.2, -0.15) is 0 Å². The van der Waals surface area contributed by atoms with Gasteiger partial charge in [0.05, 0.1) is 12.7 Å². The van der Waals surface area contributed by atoms with Gasteiger partial charge in [-0.05, 0) is 18.2 Å². The van der Waals surface area contributed by atoms with E-state index in [1.54, 1.807) is 13.3 Å². The van der Waals surface area contributed by atoms with Crippen LogP contribution in [0.4, 0.5) is 0 Å². The maximum absolute atomic E-state index is 11.9. The molecule has 2 heterocycles. The Kier molecular flexibility index (Phi) is 1.89. The average Bonchev–Trinajstić information content (AvgIpc) is 3.08. The third-order valence-corrected chi connectivity index (χ3v) is 2.85. The summed E-state index contributed by atoms with van der Waals surface area (Å²) in [5.41, 5.74) is 1.69. The van der Waals surface area contributed by atoms with Gasteiger partial charge in [0, 0.05) is 30.2 Å². The van der Waals surface area contributed by atoms with Gasteiger partial charge in [0.1, 0.15) is 5.75 Å². The van der Waals surface area contributed by atoms with E-state index in [0.717, 1.165) is 35.3 Å². The van der Waals surface area contributed by atoms with E-state index < -0.39 is 0 Å². The van der Waals surface area contributed by atoms with Gasteiger partial charge in [-0.3, -0.25) is 4.79 Å². The van der Waals surface area contributed by atoms with Crippen molar-refractivity contribution < 1.29 is 9.53 Å². The van der Waals surface area contributed by atoms with Crippen LogP contribution in [0.2, 0.25) is 0 Å². The fraction of sp³-hybridized carbons (Fsp3) is 0.250. The fourth-order valence-corrected chi connectivity index (χ4v) is 1.83. The molecular weight excluding hydrogens is 204 g/mol. The van der Waals surface area contributed by atoms with E-state index in [1.165, 1.54) is 0 Å². The topological polar surface area (TPSA) is 45.1 Å². The molecule has 0 saturated carbocycles. The van der Waals surface area contributed by atoms with E-state index in [9.17, 15) is 4.79 Å². The minimum Gasteiger partial charge on any atom is -0.497 e. The predicted molar refractivity (Wildman–Crippen MR) is 60.8 cm³/mol. The van der Waals surface area contributed by atoms with Crippen molar-refractivity contribution in [3.05, 3.63) is 30.0 Å². The number of H-pyrrole nitrogens is 1. The van der Waals surface area contributed by atoms with E-state index in [4.69, 9.17) is 4.74 Å². The highest BCUT2D eigenvalue weighted by atomic mass is 16.5. The zero-order valence-corrected chi connectivity index (χ0v) is 8.99. The lowest BCUT2D eigenvalue weighted by molar-refractivity contribution is 0.0887. The number of amides is 1. The monoisotopic (exact) mass is 216 g/mol. The number of carbonyl (C=O) groups is 1. The Morgan fingerprint density at radius 3 is 2.94 bits per heavy atom. The standard InChI is InChI=1S/C12H12N2O2/c1-16-8-2-3-11-9(6-8)10(7-13-11)12(15)14-4-5-14/h2-3,6-7,13H,4-5H2,1H3. The molecule has 1 aliphatic heterocycles. The number of rotatable bonds is 2. The Labute approximate surface area is 92.8 Å². The Balaban J connectivity index is 2.13. The summed E-state index contributed by atoms with van der Waals surface area (Å²) in [7, 11) is 1.62. The highest BCUT2D eigenvalue weighted by Gasteiger charge is 2.27. The molecule has 0 bridgehead atoms. The first-order valence-corrected chi connectivity index (χ1v) is 5.24. The minimum atomic E-state index is 0.0968. The lowest BCUT2D eigenvalue weighted by Crippen LogP contribution is -2.09. The summed E-state index contributed by atoms with van der Waals surface area (Å²) >= 11 is 0. The van der Waals surface area contributed by atoms with Crippen LogP contribution in [-0.4, -0.2) is 36.0 Å². The number of ether oxygens (including phenoxy) is 1. The van der Waals surface area contributed by atoms with E-state index in [1.807, 2.05) is 23.1 Å². The molecule has 3 rings (SSSR count). The van der Waals surface area contributed by atoms with Crippen LogP contribution >= 0.6 is 0 Å². The zero-order valence-electron chi connectivity index (χ0n) is 8.99. The third-order valence-electron chi connectivity index (χ3n) is 2.85. The normalized spacial score (nSPS) is 14.2. The number of aromatic amines is 1. The number of hydrogen-bond acceptors (Lipinski definition) is 2. The van der Waals surface area contributed by atoms with Crippen molar-refractivity contribution in [3.63, 3.8) is 0 Å².